The number of benzene rings is 1. The molecule has 0 spiro atoms. The molecule has 0 radical (unpaired) electrons. The van der Waals surface area contributed by atoms with Gasteiger partial charge in [0, 0.05) is 6.04 Å². The zero-order valence-electron chi connectivity index (χ0n) is 9.83. The van der Waals surface area contributed by atoms with Crippen LogP contribution in [0.1, 0.15) is 18.5 Å². The van der Waals surface area contributed by atoms with Crippen molar-refractivity contribution in [2.75, 3.05) is 13.2 Å². The van der Waals surface area contributed by atoms with Crippen molar-refractivity contribution in [1.82, 2.24) is 5.32 Å². The van der Waals surface area contributed by atoms with Gasteiger partial charge in [0.15, 0.2) is 0 Å². The van der Waals surface area contributed by atoms with Crippen molar-refractivity contribution in [2.45, 2.75) is 25.4 Å². The van der Waals surface area contributed by atoms with Crippen molar-refractivity contribution in [1.29, 1.82) is 0 Å². The second kappa shape index (κ2) is 5.16. The van der Waals surface area contributed by atoms with Crippen molar-refractivity contribution in [3.8, 4) is 5.75 Å². The second-order valence-corrected chi connectivity index (χ2v) is 4.27. The Labute approximate surface area is 103 Å². The minimum Gasteiger partial charge on any atom is -0.406 e. The van der Waals surface area contributed by atoms with Gasteiger partial charge in [-0.2, -0.15) is 0 Å². The molecular weight excluding hydrogens is 247 g/mol. The maximum atomic E-state index is 12.0. The number of nitrogens with one attached hydrogen (secondary N) is 1. The molecule has 1 aromatic rings. The summed E-state index contributed by atoms with van der Waals surface area (Å²) in [5.41, 5.74) is 0.885. The Balaban J connectivity index is 2.03. The van der Waals surface area contributed by atoms with Crippen LogP contribution in [-0.2, 0) is 4.74 Å². The summed E-state index contributed by atoms with van der Waals surface area (Å²) in [6.07, 6.45) is -4.65. The summed E-state index contributed by atoms with van der Waals surface area (Å²) in [5.74, 6) is -0.212. The lowest BCUT2D eigenvalue weighted by atomic mass is 10.1. The Kier molecular flexibility index (Phi) is 3.77. The first kappa shape index (κ1) is 13.2. The van der Waals surface area contributed by atoms with Gasteiger partial charge < -0.3 is 14.8 Å². The van der Waals surface area contributed by atoms with Crippen LogP contribution in [0.25, 0.3) is 0 Å². The summed E-state index contributed by atoms with van der Waals surface area (Å²) < 4.78 is 45.2. The third-order valence-corrected chi connectivity index (χ3v) is 2.65. The van der Waals surface area contributed by atoms with E-state index in [4.69, 9.17) is 4.74 Å². The number of morpholine rings is 1. The van der Waals surface area contributed by atoms with Crippen molar-refractivity contribution < 1.29 is 22.6 Å². The Morgan fingerprint density at radius 3 is 2.44 bits per heavy atom. The molecule has 3 nitrogen and oxygen atoms in total. The van der Waals surface area contributed by atoms with E-state index in [0.29, 0.717) is 13.2 Å². The Morgan fingerprint density at radius 2 is 1.89 bits per heavy atom. The maximum Gasteiger partial charge on any atom is 0.573 e. The predicted molar refractivity (Wildman–Crippen MR) is 59.3 cm³/mol. The van der Waals surface area contributed by atoms with E-state index in [1.165, 1.54) is 12.1 Å². The number of ether oxygens (including phenoxy) is 2. The minimum absolute atomic E-state index is 0.00804. The Hall–Kier alpha value is -1.27. The van der Waals surface area contributed by atoms with Gasteiger partial charge in [0.05, 0.1) is 19.3 Å². The molecule has 0 amide bonds. The highest BCUT2D eigenvalue weighted by atomic mass is 19.4. The van der Waals surface area contributed by atoms with E-state index in [2.05, 4.69) is 10.1 Å². The summed E-state index contributed by atoms with van der Waals surface area (Å²) in [7, 11) is 0. The normalized spacial score (nSPS) is 24.9. The van der Waals surface area contributed by atoms with Crippen molar-refractivity contribution >= 4 is 0 Å². The number of hydrogen-bond acceptors (Lipinski definition) is 3. The van der Waals surface area contributed by atoms with Gasteiger partial charge in [-0.1, -0.05) is 12.1 Å². The average Bonchev–Trinajstić information content (AvgIpc) is 2.28. The third kappa shape index (κ3) is 3.61. The van der Waals surface area contributed by atoms with Crippen molar-refractivity contribution in [3.05, 3.63) is 29.8 Å². The number of hydrogen-bond donors (Lipinski definition) is 1. The molecule has 2 rings (SSSR count). The third-order valence-electron chi connectivity index (χ3n) is 2.65. The van der Waals surface area contributed by atoms with Gasteiger partial charge in [-0.15, -0.1) is 13.2 Å². The summed E-state index contributed by atoms with van der Waals surface area (Å²) in [6.45, 7) is 3.16. The van der Waals surface area contributed by atoms with Gasteiger partial charge in [-0.05, 0) is 24.6 Å². The minimum atomic E-state index is -4.65. The van der Waals surface area contributed by atoms with Crippen molar-refractivity contribution in [2.24, 2.45) is 0 Å². The van der Waals surface area contributed by atoms with Crippen LogP contribution in [0, 0.1) is 0 Å². The summed E-state index contributed by atoms with van der Waals surface area (Å²) in [4.78, 5) is 0. The standard InChI is InChI=1S/C12H14F3NO2/c1-8-6-17-7-11(16-8)9-2-4-10(5-3-9)18-12(13,14)15/h2-5,8,11,16H,6-7H2,1H3/t8-,11-/m0/s1. The van der Waals surface area contributed by atoms with E-state index in [-0.39, 0.29) is 17.8 Å². The molecule has 1 aromatic carbocycles. The van der Waals surface area contributed by atoms with Crippen LogP contribution in [0.2, 0.25) is 0 Å². The number of rotatable bonds is 2. The summed E-state index contributed by atoms with van der Waals surface area (Å²) in [6, 6.07) is 6.08. The largest absolute Gasteiger partial charge is 0.573 e. The predicted octanol–water partition coefficient (Wildman–Crippen LogP) is 2.63. The van der Waals surface area contributed by atoms with Gasteiger partial charge in [0.1, 0.15) is 5.75 Å². The molecule has 1 aliphatic heterocycles. The highest BCUT2D eigenvalue weighted by Crippen LogP contribution is 2.25. The van der Waals surface area contributed by atoms with E-state index >= 15 is 0 Å². The molecular formula is C12H14F3NO2. The van der Waals surface area contributed by atoms with Crippen molar-refractivity contribution in [3.63, 3.8) is 0 Å². The molecule has 1 N–H and O–H groups in total. The van der Waals surface area contributed by atoms with Crippen LogP contribution in [0.3, 0.4) is 0 Å². The summed E-state index contributed by atoms with van der Waals surface area (Å²) in [5, 5.41) is 3.31. The SMILES string of the molecule is C[C@H]1COC[C@@H](c2ccc(OC(F)(F)F)cc2)N1. The van der Waals surface area contributed by atoms with Crippen LogP contribution in [0.4, 0.5) is 13.2 Å². The van der Waals surface area contributed by atoms with E-state index in [1.807, 2.05) is 6.92 Å². The molecule has 1 fully saturated rings. The van der Waals surface area contributed by atoms with E-state index < -0.39 is 6.36 Å². The molecule has 0 saturated carbocycles. The van der Waals surface area contributed by atoms with Gasteiger partial charge in [-0.25, -0.2) is 0 Å². The molecule has 100 valence electrons. The van der Waals surface area contributed by atoms with Crippen LogP contribution in [-0.4, -0.2) is 25.6 Å². The summed E-state index contributed by atoms with van der Waals surface area (Å²) >= 11 is 0. The smallest absolute Gasteiger partial charge is 0.406 e. The van der Waals surface area contributed by atoms with Gasteiger partial charge in [0.2, 0.25) is 0 Å². The zero-order valence-corrected chi connectivity index (χ0v) is 9.83. The fourth-order valence-corrected chi connectivity index (χ4v) is 1.90. The van der Waals surface area contributed by atoms with Crippen LogP contribution in [0.15, 0.2) is 24.3 Å². The van der Waals surface area contributed by atoms with Crippen LogP contribution in [0.5, 0.6) is 5.75 Å². The number of halogens is 3. The molecule has 0 unspecified atom stereocenters. The zero-order chi connectivity index (χ0) is 13.2. The van der Waals surface area contributed by atoms with Gasteiger partial charge in [0.25, 0.3) is 0 Å². The molecule has 0 aliphatic carbocycles. The lowest BCUT2D eigenvalue weighted by molar-refractivity contribution is -0.274. The van der Waals surface area contributed by atoms with Crippen LogP contribution < -0.4 is 10.1 Å². The lowest BCUT2D eigenvalue weighted by Crippen LogP contribution is -2.41. The van der Waals surface area contributed by atoms with Crippen LogP contribution >= 0.6 is 0 Å². The first-order valence-electron chi connectivity index (χ1n) is 5.63. The average molecular weight is 261 g/mol. The van der Waals surface area contributed by atoms with Gasteiger partial charge in [-0.3, -0.25) is 0 Å². The molecule has 0 bridgehead atoms. The van der Waals surface area contributed by atoms with E-state index in [9.17, 15) is 13.2 Å². The molecule has 2 atom stereocenters. The fourth-order valence-electron chi connectivity index (χ4n) is 1.90. The molecule has 6 heteroatoms. The molecule has 0 aromatic heterocycles. The maximum absolute atomic E-state index is 12.0. The highest BCUT2D eigenvalue weighted by molar-refractivity contribution is 5.29. The van der Waals surface area contributed by atoms with E-state index in [1.54, 1.807) is 12.1 Å². The second-order valence-electron chi connectivity index (χ2n) is 4.27. The lowest BCUT2D eigenvalue weighted by Gasteiger charge is -2.29. The Bertz CT molecular complexity index is 391. The molecule has 1 saturated heterocycles. The molecule has 18 heavy (non-hydrogen) atoms. The fraction of sp³-hybridized carbons (Fsp3) is 0.500. The monoisotopic (exact) mass is 261 g/mol. The first-order chi connectivity index (χ1) is 8.44. The number of alkyl halides is 3. The molecule has 1 aliphatic rings. The highest BCUT2D eigenvalue weighted by Gasteiger charge is 2.31. The van der Waals surface area contributed by atoms with Gasteiger partial charge >= 0.3 is 6.36 Å². The topological polar surface area (TPSA) is 30.5 Å². The molecule has 1 heterocycles. The van der Waals surface area contributed by atoms with E-state index in [0.717, 1.165) is 5.56 Å². The Morgan fingerprint density at radius 1 is 1.22 bits per heavy atom. The quantitative estimate of drug-likeness (QED) is 0.887. The first-order valence-corrected chi connectivity index (χ1v) is 5.63.